The Balaban J connectivity index is 0.000000271. The SMILES string of the molecule is O=P1(NCCCl)OCCCC1CCl.[O-][P+]1(N(CCCl)CCCl)NCCCO1. The van der Waals surface area contributed by atoms with Gasteiger partial charge in [0.05, 0.1) is 32.0 Å². The van der Waals surface area contributed by atoms with E-state index < -0.39 is 15.5 Å². The average Bonchev–Trinajstić information content (AvgIpc) is 2.68. The second kappa shape index (κ2) is 14.6. The third kappa shape index (κ3) is 9.08. The topological polar surface area (TPSA) is 85.9 Å². The monoisotopic (exact) mass is 505 g/mol. The first-order valence-corrected chi connectivity index (χ1v) is 14.3. The van der Waals surface area contributed by atoms with Crippen LogP contribution >= 0.6 is 61.9 Å². The van der Waals surface area contributed by atoms with Crippen molar-refractivity contribution >= 4 is 61.9 Å². The Morgan fingerprint density at radius 1 is 1.15 bits per heavy atom. The van der Waals surface area contributed by atoms with Gasteiger partial charge in [-0.2, -0.15) is 5.09 Å². The van der Waals surface area contributed by atoms with Gasteiger partial charge in [0.25, 0.3) is 7.52 Å². The summed E-state index contributed by atoms with van der Waals surface area (Å²) in [4.78, 5) is 12.2. The number of nitrogens with zero attached hydrogens (tertiary/aromatic N) is 1. The fraction of sp³-hybridized carbons (Fsp3) is 1.00. The van der Waals surface area contributed by atoms with Crippen LogP contribution < -0.4 is 15.1 Å². The molecular weight excluding hydrogens is 478 g/mol. The molecule has 27 heavy (non-hydrogen) atoms. The summed E-state index contributed by atoms with van der Waals surface area (Å²) in [6.45, 7) is 3.37. The zero-order valence-electron chi connectivity index (χ0n) is 15.3. The molecule has 0 aromatic heterocycles. The van der Waals surface area contributed by atoms with Gasteiger partial charge in [-0.3, -0.25) is 4.57 Å². The zero-order valence-corrected chi connectivity index (χ0v) is 20.1. The lowest BCUT2D eigenvalue weighted by atomic mass is 10.2. The lowest BCUT2D eigenvalue weighted by Crippen LogP contribution is -2.45. The minimum absolute atomic E-state index is 0.0499. The van der Waals surface area contributed by atoms with Gasteiger partial charge in [-0.1, -0.05) is 0 Å². The largest absolute Gasteiger partial charge is 0.626 e. The van der Waals surface area contributed by atoms with Crippen LogP contribution in [-0.2, 0) is 13.6 Å². The Labute approximate surface area is 182 Å². The fourth-order valence-electron chi connectivity index (χ4n) is 2.61. The van der Waals surface area contributed by atoms with Crippen LogP contribution in [-0.4, -0.2) is 73.2 Å². The van der Waals surface area contributed by atoms with Gasteiger partial charge < -0.3 is 9.42 Å². The van der Waals surface area contributed by atoms with Crippen LogP contribution in [0.4, 0.5) is 0 Å². The molecule has 2 aliphatic heterocycles. The molecule has 2 aliphatic rings. The van der Waals surface area contributed by atoms with E-state index in [9.17, 15) is 9.46 Å². The van der Waals surface area contributed by atoms with E-state index >= 15 is 0 Å². The Kier molecular flexibility index (Phi) is 14.4. The van der Waals surface area contributed by atoms with Gasteiger partial charge in [0.1, 0.15) is 0 Å². The first-order chi connectivity index (χ1) is 13.0. The molecule has 13 heteroatoms. The molecule has 162 valence electrons. The van der Waals surface area contributed by atoms with Crippen LogP contribution in [0.1, 0.15) is 19.3 Å². The maximum absolute atomic E-state index is 12.2. The molecule has 0 amide bonds. The van der Waals surface area contributed by atoms with Crippen molar-refractivity contribution in [1.29, 1.82) is 0 Å². The van der Waals surface area contributed by atoms with E-state index in [-0.39, 0.29) is 5.66 Å². The fourth-order valence-corrected chi connectivity index (χ4v) is 8.27. The molecule has 0 spiro atoms. The van der Waals surface area contributed by atoms with Crippen molar-refractivity contribution < 1.29 is 18.5 Å². The predicted octanol–water partition coefficient (Wildman–Crippen LogP) is 3.24. The van der Waals surface area contributed by atoms with Gasteiger partial charge in [-0.15, -0.1) is 51.1 Å². The molecule has 2 fully saturated rings. The molecule has 2 saturated heterocycles. The van der Waals surface area contributed by atoms with Crippen molar-refractivity contribution in [3.8, 4) is 0 Å². The molecule has 0 radical (unpaired) electrons. The Bertz CT molecular complexity index is 445. The second-order valence-corrected chi connectivity index (χ2v) is 12.0. The summed E-state index contributed by atoms with van der Waals surface area (Å²) in [7, 11) is -5.55. The highest BCUT2D eigenvalue weighted by atomic mass is 35.5. The summed E-state index contributed by atoms with van der Waals surface area (Å²) in [5, 5.41) is 5.77. The van der Waals surface area contributed by atoms with Gasteiger partial charge in [0, 0.05) is 36.6 Å². The number of alkyl halides is 4. The number of hydrogen-bond donors (Lipinski definition) is 2. The quantitative estimate of drug-likeness (QED) is 0.366. The lowest BCUT2D eigenvalue weighted by molar-refractivity contribution is -0.213. The Morgan fingerprint density at radius 2 is 1.85 bits per heavy atom. The molecule has 0 aromatic carbocycles. The summed E-state index contributed by atoms with van der Waals surface area (Å²) in [6, 6.07) is 0. The van der Waals surface area contributed by atoms with Crippen LogP contribution in [0.3, 0.4) is 0 Å². The number of nitrogens with one attached hydrogen (secondary N) is 2. The number of rotatable bonds is 9. The average molecular weight is 507 g/mol. The van der Waals surface area contributed by atoms with Crippen LogP contribution in [0.25, 0.3) is 0 Å². The van der Waals surface area contributed by atoms with E-state index in [1.54, 1.807) is 4.67 Å². The summed E-state index contributed by atoms with van der Waals surface area (Å²) in [6.07, 6.45) is 2.69. The first kappa shape index (κ1) is 26.6. The smallest absolute Gasteiger partial charge is 0.274 e. The molecule has 2 heterocycles. The summed E-state index contributed by atoms with van der Waals surface area (Å²) < 4.78 is 24.3. The van der Waals surface area contributed by atoms with E-state index in [0.717, 1.165) is 25.8 Å². The lowest BCUT2D eigenvalue weighted by Gasteiger charge is -2.39. The standard InChI is InChI=1S/C7H15Cl2N2O2P.C7H14Cl2NO2P/c8-2-5-11(6-3-9)14(12)10-4-1-7-13-14;8-3-4-10-13(11)7(6-9)2-1-5-12-13/h1-7H2,(H,10,12);7H,1-6H2,(H,10,11). The number of halogens is 4. The highest BCUT2D eigenvalue weighted by molar-refractivity contribution is 7.59. The second-order valence-electron chi connectivity index (χ2n) is 5.92. The maximum Gasteiger partial charge on any atom is 0.274 e. The number of hydrogen-bond acceptors (Lipinski definition) is 6. The van der Waals surface area contributed by atoms with Gasteiger partial charge in [0.15, 0.2) is 0 Å². The van der Waals surface area contributed by atoms with Crippen molar-refractivity contribution in [2.75, 3.05) is 62.9 Å². The van der Waals surface area contributed by atoms with Crippen molar-refractivity contribution in [1.82, 2.24) is 14.8 Å². The van der Waals surface area contributed by atoms with Crippen molar-refractivity contribution in [3.05, 3.63) is 0 Å². The minimum Gasteiger partial charge on any atom is -0.626 e. The molecule has 2 rings (SSSR count). The molecule has 0 aliphatic carbocycles. The van der Waals surface area contributed by atoms with Crippen LogP contribution in [0.5, 0.6) is 0 Å². The van der Waals surface area contributed by atoms with Gasteiger partial charge >= 0.3 is 0 Å². The minimum atomic E-state index is -2.84. The molecular formula is C14H29Cl4N3O4P2. The van der Waals surface area contributed by atoms with Crippen molar-refractivity contribution in [2.45, 2.75) is 24.9 Å². The Hall–Kier alpha value is 1.58. The van der Waals surface area contributed by atoms with E-state index in [0.29, 0.717) is 56.4 Å². The summed E-state index contributed by atoms with van der Waals surface area (Å²) in [5.41, 5.74) is -0.0499. The van der Waals surface area contributed by atoms with Crippen LogP contribution in [0, 0.1) is 0 Å². The molecule has 7 nitrogen and oxygen atoms in total. The normalized spacial score (nSPS) is 31.4. The van der Waals surface area contributed by atoms with Crippen LogP contribution in [0.15, 0.2) is 0 Å². The molecule has 0 aromatic rings. The highest BCUT2D eigenvalue weighted by Crippen LogP contribution is 2.53. The van der Waals surface area contributed by atoms with Crippen LogP contribution in [0.2, 0.25) is 0 Å². The summed E-state index contributed by atoms with van der Waals surface area (Å²) >= 11 is 22.5. The van der Waals surface area contributed by atoms with E-state index in [2.05, 4.69) is 10.2 Å². The van der Waals surface area contributed by atoms with E-state index in [4.69, 9.17) is 55.5 Å². The Morgan fingerprint density at radius 3 is 2.37 bits per heavy atom. The third-order valence-electron chi connectivity index (χ3n) is 4.01. The molecule has 0 bridgehead atoms. The van der Waals surface area contributed by atoms with Gasteiger partial charge in [-0.05, 0) is 19.3 Å². The molecule has 3 atom stereocenters. The van der Waals surface area contributed by atoms with Gasteiger partial charge in [-0.25, -0.2) is 9.61 Å². The molecule has 3 unspecified atom stereocenters. The highest BCUT2D eigenvalue weighted by Gasteiger charge is 2.38. The summed E-state index contributed by atoms with van der Waals surface area (Å²) in [5.74, 6) is 1.66. The van der Waals surface area contributed by atoms with E-state index in [1.807, 2.05) is 0 Å². The molecule has 0 saturated carbocycles. The van der Waals surface area contributed by atoms with E-state index in [1.165, 1.54) is 0 Å². The zero-order chi connectivity index (χ0) is 20.2. The van der Waals surface area contributed by atoms with Crippen molar-refractivity contribution in [3.63, 3.8) is 0 Å². The van der Waals surface area contributed by atoms with Crippen molar-refractivity contribution in [2.24, 2.45) is 0 Å². The first-order valence-electron chi connectivity index (χ1n) is 8.94. The third-order valence-corrected chi connectivity index (χ3v) is 10.1. The maximum atomic E-state index is 12.2. The molecule has 2 N–H and O–H groups in total. The van der Waals surface area contributed by atoms with Gasteiger partial charge in [0.2, 0.25) is 8.02 Å². The predicted molar refractivity (Wildman–Crippen MR) is 115 cm³/mol.